The summed E-state index contributed by atoms with van der Waals surface area (Å²) in [5.74, 6) is 0. The molecule has 0 heterocycles. The molecule has 0 aliphatic heterocycles. The average Bonchev–Trinajstić information content (AvgIpc) is 2.08. The van der Waals surface area contributed by atoms with Crippen LogP contribution in [0.1, 0.15) is 60.8 Å². The van der Waals surface area contributed by atoms with Crippen molar-refractivity contribution in [3.8, 4) is 0 Å². The molecule has 0 fully saturated rings. The number of nitrogens with one attached hydrogen (secondary N) is 1. The molecule has 11 heavy (non-hydrogen) atoms. The summed E-state index contributed by atoms with van der Waals surface area (Å²) in [7, 11) is 0. The summed E-state index contributed by atoms with van der Waals surface area (Å²) in [6.07, 6.45) is 3.08. The van der Waals surface area contributed by atoms with Gasteiger partial charge in [0.2, 0.25) is 0 Å². The summed E-state index contributed by atoms with van der Waals surface area (Å²) in [6, 6.07) is 0. The van der Waals surface area contributed by atoms with E-state index in [1.54, 1.807) is 0 Å². The lowest BCUT2D eigenvalue weighted by Crippen LogP contribution is -1.86. The third-order valence-corrected chi connectivity index (χ3v) is 0.854. The fourth-order valence-corrected chi connectivity index (χ4v) is 0.250. The van der Waals surface area contributed by atoms with Gasteiger partial charge in [0.25, 0.3) is 0 Å². The molecule has 1 N–H and O–H groups in total. The quantitative estimate of drug-likeness (QED) is 0.582. The van der Waals surface area contributed by atoms with Gasteiger partial charge in [0.1, 0.15) is 0 Å². The summed E-state index contributed by atoms with van der Waals surface area (Å²) in [5.41, 5.74) is 0.843. The van der Waals surface area contributed by atoms with E-state index in [4.69, 9.17) is 5.41 Å². The molecule has 0 saturated carbocycles. The zero-order valence-corrected chi connectivity index (χ0v) is 9.12. The first-order valence-corrected chi connectivity index (χ1v) is 4.79. The number of rotatable bonds is 2. The predicted molar refractivity (Wildman–Crippen MR) is 55.6 cm³/mol. The molecular weight excluding hydrogens is 134 g/mol. The molecule has 1 nitrogen and oxygen atoms in total. The Morgan fingerprint density at radius 2 is 1.09 bits per heavy atom. The van der Waals surface area contributed by atoms with E-state index in [2.05, 4.69) is 13.8 Å². The minimum absolute atomic E-state index is 0.843. The molecule has 0 saturated heterocycles. The molecule has 0 aromatic rings. The van der Waals surface area contributed by atoms with Gasteiger partial charge in [-0.05, 0) is 12.8 Å². The van der Waals surface area contributed by atoms with Gasteiger partial charge in [-0.3, -0.25) is 0 Å². The van der Waals surface area contributed by atoms with Gasteiger partial charge in [-0.2, -0.15) is 0 Å². The Balaban J connectivity index is -0.000000109. The fourth-order valence-electron chi connectivity index (χ4n) is 0.250. The molecule has 0 aliphatic rings. The van der Waals surface area contributed by atoms with E-state index in [-0.39, 0.29) is 0 Å². The van der Waals surface area contributed by atoms with Crippen molar-refractivity contribution in [3.63, 3.8) is 0 Å². The number of hydrogen-bond donors (Lipinski definition) is 1. The first-order valence-electron chi connectivity index (χ1n) is 4.79. The van der Waals surface area contributed by atoms with E-state index >= 15 is 0 Å². The fraction of sp³-hybridized carbons (Fsp3) is 0.900. The first kappa shape index (κ1) is 17.0. The Morgan fingerprint density at radius 1 is 0.909 bits per heavy atom. The summed E-state index contributed by atoms with van der Waals surface area (Å²) < 4.78 is 0. The Morgan fingerprint density at radius 3 is 1.09 bits per heavy atom. The van der Waals surface area contributed by atoms with Crippen LogP contribution in [0.25, 0.3) is 0 Å². The van der Waals surface area contributed by atoms with Gasteiger partial charge in [-0.15, -0.1) is 0 Å². The smallest absolute Gasteiger partial charge is 0.00836 e. The molecule has 0 bridgehead atoms. The summed E-state index contributed by atoms with van der Waals surface area (Å²) in [6.45, 7) is 12.3. The van der Waals surface area contributed by atoms with Crippen LogP contribution in [-0.2, 0) is 0 Å². The third-order valence-electron chi connectivity index (χ3n) is 0.854. The van der Waals surface area contributed by atoms with E-state index in [1.165, 1.54) is 6.42 Å². The lowest BCUT2D eigenvalue weighted by molar-refractivity contribution is 1.09. The molecular formula is C10H25N. The molecule has 0 atom stereocenters. The monoisotopic (exact) mass is 159 g/mol. The Labute approximate surface area is 72.7 Å². The second kappa shape index (κ2) is 22.6. The largest absolute Gasteiger partial charge is 0.310 e. The molecule has 0 spiro atoms. The molecule has 0 rings (SSSR count). The highest BCUT2D eigenvalue weighted by atomic mass is 14.4. The summed E-state index contributed by atoms with van der Waals surface area (Å²) in [5, 5.41) is 6.99. The Kier molecular flexibility index (Phi) is 34.9. The second-order valence-corrected chi connectivity index (χ2v) is 2.02. The third kappa shape index (κ3) is 42.2. The van der Waals surface area contributed by atoms with Crippen molar-refractivity contribution in [3.05, 3.63) is 0 Å². The SMILES string of the molecule is CC.CCC.CCC(=N)CC. The molecule has 1 heteroatoms. The van der Waals surface area contributed by atoms with Crippen LogP contribution in [0.2, 0.25) is 0 Å². The normalized spacial score (nSPS) is 6.73. The van der Waals surface area contributed by atoms with Crippen LogP contribution in [0.5, 0.6) is 0 Å². The van der Waals surface area contributed by atoms with Crippen molar-refractivity contribution in [2.24, 2.45) is 0 Å². The van der Waals surface area contributed by atoms with Crippen molar-refractivity contribution in [1.82, 2.24) is 0 Å². The minimum Gasteiger partial charge on any atom is -0.310 e. The highest BCUT2D eigenvalue weighted by molar-refractivity contribution is 5.80. The van der Waals surface area contributed by atoms with Gasteiger partial charge in [0, 0.05) is 5.71 Å². The number of hydrogen-bond acceptors (Lipinski definition) is 1. The van der Waals surface area contributed by atoms with E-state index in [9.17, 15) is 0 Å². The topological polar surface area (TPSA) is 23.9 Å². The summed E-state index contributed by atoms with van der Waals surface area (Å²) in [4.78, 5) is 0. The van der Waals surface area contributed by atoms with E-state index in [1.807, 2.05) is 27.7 Å². The first-order chi connectivity index (χ1) is 5.22. The molecule has 0 unspecified atom stereocenters. The maximum atomic E-state index is 6.99. The molecule has 70 valence electrons. The van der Waals surface area contributed by atoms with Crippen molar-refractivity contribution in [2.75, 3.05) is 0 Å². The Hall–Kier alpha value is -0.330. The highest BCUT2D eigenvalue weighted by Gasteiger charge is 1.81. The van der Waals surface area contributed by atoms with Gasteiger partial charge in [0.05, 0.1) is 0 Å². The molecule has 0 amide bonds. The van der Waals surface area contributed by atoms with E-state index in [0.717, 1.165) is 18.6 Å². The zero-order chi connectivity index (χ0) is 9.70. The van der Waals surface area contributed by atoms with Crippen molar-refractivity contribution in [1.29, 1.82) is 5.41 Å². The van der Waals surface area contributed by atoms with Crippen molar-refractivity contribution < 1.29 is 0 Å². The van der Waals surface area contributed by atoms with Crippen LogP contribution in [0, 0.1) is 5.41 Å². The van der Waals surface area contributed by atoms with Crippen LogP contribution in [-0.4, -0.2) is 5.71 Å². The zero-order valence-electron chi connectivity index (χ0n) is 9.12. The van der Waals surface area contributed by atoms with Gasteiger partial charge in [-0.25, -0.2) is 0 Å². The molecule has 0 aromatic carbocycles. The van der Waals surface area contributed by atoms with Crippen LogP contribution in [0.4, 0.5) is 0 Å². The van der Waals surface area contributed by atoms with Gasteiger partial charge in [0.15, 0.2) is 0 Å². The predicted octanol–water partition coefficient (Wildman–Crippen LogP) is 4.27. The second-order valence-electron chi connectivity index (χ2n) is 2.02. The van der Waals surface area contributed by atoms with Gasteiger partial charge in [-0.1, -0.05) is 48.0 Å². The van der Waals surface area contributed by atoms with E-state index in [0.29, 0.717) is 0 Å². The van der Waals surface area contributed by atoms with Gasteiger partial charge >= 0.3 is 0 Å². The van der Waals surface area contributed by atoms with Crippen LogP contribution in [0.3, 0.4) is 0 Å². The lowest BCUT2D eigenvalue weighted by Gasteiger charge is -1.86. The average molecular weight is 159 g/mol. The van der Waals surface area contributed by atoms with Gasteiger partial charge < -0.3 is 5.41 Å². The summed E-state index contributed by atoms with van der Waals surface area (Å²) >= 11 is 0. The molecule has 0 radical (unpaired) electrons. The van der Waals surface area contributed by atoms with Crippen molar-refractivity contribution in [2.45, 2.75) is 60.8 Å². The van der Waals surface area contributed by atoms with Crippen LogP contribution in [0.15, 0.2) is 0 Å². The minimum atomic E-state index is 0.843. The standard InChI is InChI=1S/C5H11N.C3H8.C2H6/c1-3-5(6)4-2;1-3-2;1-2/h6H,3-4H2,1-2H3;3H2,1-2H3;1-2H3. The lowest BCUT2D eigenvalue weighted by atomic mass is 10.2. The van der Waals surface area contributed by atoms with Crippen LogP contribution < -0.4 is 0 Å². The maximum Gasteiger partial charge on any atom is 0.00836 e. The Bertz CT molecular complexity index is 51.9. The van der Waals surface area contributed by atoms with Crippen molar-refractivity contribution >= 4 is 5.71 Å². The molecule has 0 aliphatic carbocycles. The highest BCUT2D eigenvalue weighted by Crippen LogP contribution is 1.84. The molecule has 0 aromatic heterocycles. The van der Waals surface area contributed by atoms with Crippen LogP contribution >= 0.6 is 0 Å². The van der Waals surface area contributed by atoms with E-state index < -0.39 is 0 Å². The maximum absolute atomic E-state index is 6.99.